The number of hydrogen-bond acceptors (Lipinski definition) is 5. The van der Waals surface area contributed by atoms with E-state index < -0.39 is 10.0 Å². The third kappa shape index (κ3) is 5.19. The number of imidazole rings is 1. The van der Waals surface area contributed by atoms with Crippen LogP contribution in [0.15, 0.2) is 23.1 Å². The Kier molecular flexibility index (Phi) is 7.49. The van der Waals surface area contributed by atoms with Crippen LogP contribution in [-0.4, -0.2) is 66.3 Å². The summed E-state index contributed by atoms with van der Waals surface area (Å²) < 4.78 is 29.8. The molecule has 0 radical (unpaired) electrons. The first-order valence-electron chi connectivity index (χ1n) is 10.7. The molecule has 0 spiro atoms. The minimum atomic E-state index is -3.47. The van der Waals surface area contributed by atoms with Crippen LogP contribution in [0.5, 0.6) is 0 Å². The van der Waals surface area contributed by atoms with Gasteiger partial charge in [0.15, 0.2) is 0 Å². The third-order valence-electron chi connectivity index (χ3n) is 5.57. The maximum Gasteiger partial charge on any atom is 0.243 e. The van der Waals surface area contributed by atoms with Crippen molar-refractivity contribution in [2.24, 2.45) is 0 Å². The van der Waals surface area contributed by atoms with Gasteiger partial charge in [-0.05, 0) is 58.0 Å². The molecule has 1 amide bonds. The van der Waals surface area contributed by atoms with E-state index in [4.69, 9.17) is 4.98 Å². The molecular formula is C21H33N5O3S. The largest absolute Gasteiger partial charge is 0.356 e. The molecule has 0 aliphatic carbocycles. The molecule has 8 nitrogen and oxygen atoms in total. The van der Waals surface area contributed by atoms with Gasteiger partial charge in [-0.1, -0.05) is 6.42 Å². The highest BCUT2D eigenvalue weighted by molar-refractivity contribution is 7.89. The number of nitrogens with one attached hydrogen (secondary N) is 1. The third-order valence-corrected chi connectivity index (χ3v) is 7.46. The van der Waals surface area contributed by atoms with Gasteiger partial charge in [-0.15, -0.1) is 0 Å². The lowest BCUT2D eigenvalue weighted by Crippen LogP contribution is -2.35. The van der Waals surface area contributed by atoms with Crippen LogP contribution in [0.25, 0.3) is 11.0 Å². The maximum absolute atomic E-state index is 13.0. The summed E-state index contributed by atoms with van der Waals surface area (Å²) in [4.78, 5) is 18.2. The van der Waals surface area contributed by atoms with Gasteiger partial charge < -0.3 is 9.88 Å². The number of aromatic nitrogens is 2. The Labute approximate surface area is 179 Å². The fraction of sp³-hybridized carbons (Fsp3) is 0.619. The summed E-state index contributed by atoms with van der Waals surface area (Å²) in [7, 11) is -1.44. The van der Waals surface area contributed by atoms with E-state index in [0.717, 1.165) is 55.6 Å². The van der Waals surface area contributed by atoms with Gasteiger partial charge in [-0.2, -0.15) is 4.31 Å². The van der Waals surface area contributed by atoms with Crippen molar-refractivity contribution in [2.75, 3.05) is 33.2 Å². The van der Waals surface area contributed by atoms with Gasteiger partial charge in [0.2, 0.25) is 15.9 Å². The fourth-order valence-corrected chi connectivity index (χ4v) is 5.52. The number of piperidine rings is 1. The molecule has 2 aromatic rings. The molecule has 166 valence electrons. The number of aryl methyl sites for hydroxylation is 1. The van der Waals surface area contributed by atoms with E-state index in [1.54, 1.807) is 16.4 Å². The molecule has 1 aliphatic heterocycles. The van der Waals surface area contributed by atoms with Gasteiger partial charge in [-0.3, -0.25) is 9.69 Å². The topological polar surface area (TPSA) is 87.5 Å². The number of amides is 1. The van der Waals surface area contributed by atoms with Crippen LogP contribution in [0.4, 0.5) is 0 Å². The van der Waals surface area contributed by atoms with E-state index in [0.29, 0.717) is 31.1 Å². The molecule has 1 N–H and O–H groups in total. The van der Waals surface area contributed by atoms with Crippen LogP contribution in [0.2, 0.25) is 0 Å². The second-order valence-electron chi connectivity index (χ2n) is 7.96. The lowest BCUT2D eigenvalue weighted by atomic mass is 10.2. The van der Waals surface area contributed by atoms with E-state index in [1.165, 1.54) is 6.92 Å². The van der Waals surface area contributed by atoms with E-state index in [9.17, 15) is 13.2 Å². The van der Waals surface area contributed by atoms with Crippen LogP contribution >= 0.6 is 0 Å². The Balaban J connectivity index is 1.77. The van der Waals surface area contributed by atoms with Gasteiger partial charge in [0.25, 0.3) is 0 Å². The van der Waals surface area contributed by atoms with Crippen LogP contribution in [-0.2, 0) is 27.9 Å². The number of hydrogen-bond donors (Lipinski definition) is 1. The zero-order chi connectivity index (χ0) is 21.7. The van der Waals surface area contributed by atoms with Gasteiger partial charge >= 0.3 is 0 Å². The Morgan fingerprint density at radius 3 is 2.63 bits per heavy atom. The molecular weight excluding hydrogens is 402 g/mol. The zero-order valence-corrected chi connectivity index (χ0v) is 19.0. The molecule has 9 heteroatoms. The monoisotopic (exact) mass is 435 g/mol. The molecule has 3 rings (SSSR count). The Hall–Kier alpha value is -1.97. The summed E-state index contributed by atoms with van der Waals surface area (Å²) >= 11 is 0. The second kappa shape index (κ2) is 9.89. The Morgan fingerprint density at radius 2 is 1.97 bits per heavy atom. The predicted octanol–water partition coefficient (Wildman–Crippen LogP) is 2.19. The number of carbonyl (C=O) groups is 1. The van der Waals surface area contributed by atoms with Gasteiger partial charge in [0, 0.05) is 33.1 Å². The first-order valence-corrected chi connectivity index (χ1v) is 12.2. The first-order chi connectivity index (χ1) is 14.3. The van der Waals surface area contributed by atoms with Crippen molar-refractivity contribution in [3.63, 3.8) is 0 Å². The molecule has 0 unspecified atom stereocenters. The number of sulfonamides is 1. The highest BCUT2D eigenvalue weighted by Crippen LogP contribution is 2.25. The molecule has 0 atom stereocenters. The average Bonchev–Trinajstić information content (AvgIpc) is 3.07. The predicted molar refractivity (Wildman–Crippen MR) is 118 cm³/mol. The van der Waals surface area contributed by atoms with Crippen LogP contribution in [0.3, 0.4) is 0 Å². The quantitative estimate of drug-likeness (QED) is 0.610. The standard InChI is InChI=1S/C21H33N5O3S/c1-4-26-20-10-9-18(30(28,29)25-13-6-5-7-14-25)15-19(20)23-21(26)16-24(3)12-8-11-22-17(2)27/h9-10,15H,4-8,11-14,16H2,1-3H3,(H,22,27). The number of rotatable bonds is 9. The number of fused-ring (bicyclic) bond motifs is 1. The Bertz CT molecular complexity index is 980. The summed E-state index contributed by atoms with van der Waals surface area (Å²) in [5.74, 6) is 0.905. The number of nitrogens with zero attached hydrogens (tertiary/aromatic N) is 4. The molecule has 1 aromatic carbocycles. The summed E-state index contributed by atoms with van der Waals surface area (Å²) in [6.45, 7) is 7.70. The lowest BCUT2D eigenvalue weighted by molar-refractivity contribution is -0.118. The molecule has 1 aromatic heterocycles. The lowest BCUT2D eigenvalue weighted by Gasteiger charge is -2.25. The SMILES string of the molecule is CCn1c(CN(C)CCCNC(C)=O)nc2cc(S(=O)(=O)N3CCCCC3)ccc21. The molecule has 1 aliphatic rings. The molecule has 1 fully saturated rings. The van der Waals surface area contributed by atoms with Crippen LogP contribution in [0, 0.1) is 0 Å². The van der Waals surface area contributed by atoms with E-state index in [-0.39, 0.29) is 5.91 Å². The normalized spacial score (nSPS) is 15.7. The fourth-order valence-electron chi connectivity index (χ4n) is 3.98. The summed E-state index contributed by atoms with van der Waals surface area (Å²) in [5.41, 5.74) is 1.67. The number of carbonyl (C=O) groups excluding carboxylic acids is 1. The first kappa shape index (κ1) is 22.7. The maximum atomic E-state index is 13.0. The van der Waals surface area contributed by atoms with Crippen LogP contribution < -0.4 is 5.32 Å². The van der Waals surface area contributed by atoms with E-state index in [1.807, 2.05) is 13.1 Å². The van der Waals surface area contributed by atoms with Crippen molar-refractivity contribution in [3.8, 4) is 0 Å². The average molecular weight is 436 g/mol. The van der Waals surface area contributed by atoms with Crippen molar-refractivity contribution in [1.29, 1.82) is 0 Å². The zero-order valence-electron chi connectivity index (χ0n) is 18.2. The molecule has 0 saturated carbocycles. The van der Waals surface area contributed by atoms with Crippen molar-refractivity contribution in [3.05, 3.63) is 24.0 Å². The Morgan fingerprint density at radius 1 is 1.23 bits per heavy atom. The molecule has 2 heterocycles. The van der Waals surface area contributed by atoms with E-state index in [2.05, 4.69) is 21.7 Å². The van der Waals surface area contributed by atoms with Gasteiger partial charge in [0.05, 0.1) is 22.5 Å². The van der Waals surface area contributed by atoms with Crippen molar-refractivity contribution in [2.45, 2.75) is 57.5 Å². The second-order valence-corrected chi connectivity index (χ2v) is 9.90. The smallest absolute Gasteiger partial charge is 0.243 e. The minimum Gasteiger partial charge on any atom is -0.356 e. The van der Waals surface area contributed by atoms with Crippen LogP contribution in [0.1, 0.15) is 45.4 Å². The molecule has 30 heavy (non-hydrogen) atoms. The minimum absolute atomic E-state index is 0.0132. The molecule has 0 bridgehead atoms. The summed E-state index contributed by atoms with van der Waals surface area (Å²) in [6, 6.07) is 5.30. The molecule has 1 saturated heterocycles. The number of benzene rings is 1. The van der Waals surface area contributed by atoms with Gasteiger partial charge in [0.1, 0.15) is 5.82 Å². The van der Waals surface area contributed by atoms with E-state index >= 15 is 0 Å². The summed E-state index contributed by atoms with van der Waals surface area (Å²) in [5, 5.41) is 2.81. The highest BCUT2D eigenvalue weighted by atomic mass is 32.2. The van der Waals surface area contributed by atoms with Crippen molar-refractivity contribution in [1.82, 2.24) is 24.1 Å². The van der Waals surface area contributed by atoms with Crippen molar-refractivity contribution < 1.29 is 13.2 Å². The van der Waals surface area contributed by atoms with Gasteiger partial charge in [-0.25, -0.2) is 13.4 Å². The summed E-state index contributed by atoms with van der Waals surface area (Å²) in [6.07, 6.45) is 3.79. The van der Waals surface area contributed by atoms with Crippen molar-refractivity contribution >= 4 is 27.0 Å². The highest BCUT2D eigenvalue weighted by Gasteiger charge is 2.26.